The number of carbonyl (C=O) groups is 1. The molecule has 2 aromatic carbocycles. The van der Waals surface area contributed by atoms with Crippen molar-refractivity contribution in [1.82, 2.24) is 9.88 Å². The summed E-state index contributed by atoms with van der Waals surface area (Å²) in [6.07, 6.45) is -1.24. The topological polar surface area (TPSA) is 73.4 Å². The number of aromatic nitrogens is 1. The minimum atomic E-state index is -0.789. The Bertz CT molecular complexity index is 1110. The van der Waals surface area contributed by atoms with Crippen LogP contribution in [-0.2, 0) is 4.79 Å². The lowest BCUT2D eigenvalue weighted by molar-refractivity contribution is -0.130. The Kier molecular flexibility index (Phi) is 7.43. The molecule has 0 saturated carbocycles. The first-order valence-electron chi connectivity index (χ1n) is 11.5. The molecule has 2 atom stereocenters. The quantitative estimate of drug-likeness (QED) is 0.449. The van der Waals surface area contributed by atoms with Crippen molar-refractivity contribution in [3.63, 3.8) is 0 Å². The first-order valence-corrected chi connectivity index (χ1v) is 12.3. The van der Waals surface area contributed by atoms with E-state index in [1.807, 2.05) is 43.3 Å². The molecule has 8 nitrogen and oxygen atoms in total. The van der Waals surface area contributed by atoms with Crippen molar-refractivity contribution >= 4 is 32.6 Å². The van der Waals surface area contributed by atoms with Gasteiger partial charge in [-0.25, -0.2) is 4.98 Å². The zero-order valence-electron chi connectivity index (χ0n) is 20.2. The number of anilines is 1. The predicted molar refractivity (Wildman–Crippen MR) is 134 cm³/mol. The van der Waals surface area contributed by atoms with Crippen LogP contribution in [-0.4, -0.2) is 68.4 Å². The maximum atomic E-state index is 13.9. The predicted octanol–water partition coefficient (Wildman–Crippen LogP) is 4.22. The number of hydrogen-bond donors (Lipinski definition) is 0. The molecule has 0 saturated heterocycles. The molecular weight excluding hydrogens is 454 g/mol. The molecule has 2 unspecified atom stereocenters. The van der Waals surface area contributed by atoms with Gasteiger partial charge in [0.05, 0.1) is 14.2 Å². The van der Waals surface area contributed by atoms with E-state index in [-0.39, 0.29) is 5.91 Å². The van der Waals surface area contributed by atoms with Gasteiger partial charge >= 0.3 is 0 Å². The van der Waals surface area contributed by atoms with Crippen molar-refractivity contribution in [1.29, 1.82) is 0 Å². The number of thiazole rings is 1. The van der Waals surface area contributed by atoms with Gasteiger partial charge in [0, 0.05) is 13.1 Å². The molecule has 182 valence electrons. The fourth-order valence-corrected chi connectivity index (χ4v) is 5.12. The second-order valence-corrected chi connectivity index (χ2v) is 8.95. The van der Waals surface area contributed by atoms with Crippen LogP contribution in [0.4, 0.5) is 5.13 Å². The molecule has 2 heterocycles. The second kappa shape index (κ2) is 10.5. The molecule has 0 radical (unpaired) electrons. The SMILES string of the molecule is CCN(CC)CCN(C(=O)C1Oc2ccccc2OC1C)c1nc2c(OC)ccc(OC)c2s1. The number of methoxy groups -OCH3 is 2. The van der Waals surface area contributed by atoms with Gasteiger partial charge in [-0.1, -0.05) is 37.3 Å². The monoisotopic (exact) mass is 485 g/mol. The van der Waals surface area contributed by atoms with Gasteiger partial charge in [-0.15, -0.1) is 0 Å². The van der Waals surface area contributed by atoms with Crippen LogP contribution >= 0.6 is 11.3 Å². The highest BCUT2D eigenvalue weighted by atomic mass is 32.1. The number of benzene rings is 2. The Balaban J connectivity index is 1.72. The molecule has 0 N–H and O–H groups in total. The Morgan fingerprint density at radius 3 is 2.29 bits per heavy atom. The molecule has 1 amide bonds. The molecule has 3 aromatic rings. The van der Waals surface area contributed by atoms with Gasteiger partial charge in [-0.3, -0.25) is 9.69 Å². The fraction of sp³-hybridized carbons (Fsp3) is 0.440. The number of rotatable bonds is 9. The standard InChI is InChI=1S/C25H31N3O5S/c1-6-27(7-2)14-15-28(24(29)22-16(3)32-17-10-8-9-11-18(17)33-22)25-26-21-19(30-4)12-13-20(31-5)23(21)34-25/h8-13,16,22H,6-7,14-15H2,1-5H3. The lowest BCUT2D eigenvalue weighted by Crippen LogP contribution is -2.52. The summed E-state index contributed by atoms with van der Waals surface area (Å²) in [6, 6.07) is 11.1. The fourth-order valence-electron chi connectivity index (χ4n) is 4.02. The highest BCUT2D eigenvalue weighted by molar-refractivity contribution is 7.22. The molecule has 1 aromatic heterocycles. The third-order valence-corrected chi connectivity index (χ3v) is 7.11. The Hall–Kier alpha value is -3.04. The lowest BCUT2D eigenvalue weighted by Gasteiger charge is -2.34. The summed E-state index contributed by atoms with van der Waals surface area (Å²) >= 11 is 1.41. The number of hydrogen-bond acceptors (Lipinski definition) is 8. The molecule has 0 spiro atoms. The summed E-state index contributed by atoms with van der Waals surface area (Å²) in [4.78, 5) is 22.7. The number of carbonyl (C=O) groups excluding carboxylic acids is 1. The summed E-state index contributed by atoms with van der Waals surface area (Å²) in [5.74, 6) is 2.34. The average molecular weight is 486 g/mol. The van der Waals surface area contributed by atoms with Gasteiger partial charge < -0.3 is 23.8 Å². The number of likely N-dealkylation sites (N-methyl/N-ethyl adjacent to an activating group) is 1. The van der Waals surface area contributed by atoms with Gasteiger partial charge in [-0.2, -0.15) is 0 Å². The summed E-state index contributed by atoms with van der Waals surface area (Å²) in [5.41, 5.74) is 0.668. The number of ether oxygens (including phenoxy) is 4. The van der Waals surface area contributed by atoms with Crippen LogP contribution in [0.2, 0.25) is 0 Å². The molecule has 0 bridgehead atoms. The summed E-state index contributed by atoms with van der Waals surface area (Å²) in [6.45, 7) is 9.05. The molecule has 4 rings (SSSR count). The minimum absolute atomic E-state index is 0.189. The zero-order chi connectivity index (χ0) is 24.2. The molecule has 0 fully saturated rings. The van der Waals surface area contributed by atoms with E-state index < -0.39 is 12.2 Å². The van der Waals surface area contributed by atoms with Crippen LogP contribution in [0.3, 0.4) is 0 Å². The van der Waals surface area contributed by atoms with Crippen molar-refractivity contribution in [2.45, 2.75) is 33.0 Å². The van der Waals surface area contributed by atoms with Crippen LogP contribution in [0, 0.1) is 0 Å². The molecule has 34 heavy (non-hydrogen) atoms. The third-order valence-electron chi connectivity index (χ3n) is 6.02. The van der Waals surface area contributed by atoms with Gasteiger partial charge in [0.15, 0.2) is 16.6 Å². The highest BCUT2D eigenvalue weighted by Crippen LogP contribution is 2.41. The van der Waals surface area contributed by atoms with Crippen LogP contribution in [0.1, 0.15) is 20.8 Å². The van der Waals surface area contributed by atoms with Crippen molar-refractivity contribution in [3.05, 3.63) is 36.4 Å². The zero-order valence-corrected chi connectivity index (χ0v) is 21.1. The first-order chi connectivity index (χ1) is 16.5. The minimum Gasteiger partial charge on any atom is -0.495 e. The van der Waals surface area contributed by atoms with E-state index in [0.717, 1.165) is 17.8 Å². The molecule has 9 heteroatoms. The highest BCUT2D eigenvalue weighted by Gasteiger charge is 2.38. The van der Waals surface area contributed by atoms with Gasteiger partial charge in [0.1, 0.15) is 27.8 Å². The summed E-state index contributed by atoms with van der Waals surface area (Å²) < 4.78 is 24.0. The van der Waals surface area contributed by atoms with Gasteiger partial charge in [0.2, 0.25) is 6.10 Å². The number of nitrogens with zero attached hydrogens (tertiary/aromatic N) is 3. The van der Waals surface area contributed by atoms with E-state index in [9.17, 15) is 4.79 Å². The van der Waals surface area contributed by atoms with E-state index >= 15 is 0 Å². The number of amides is 1. The molecule has 1 aliphatic rings. The van der Waals surface area contributed by atoms with Crippen molar-refractivity contribution in [2.24, 2.45) is 0 Å². The normalized spacial score (nSPS) is 17.1. The Labute approximate surface area is 204 Å². The van der Waals surface area contributed by atoms with E-state index in [0.29, 0.717) is 46.7 Å². The van der Waals surface area contributed by atoms with E-state index in [1.54, 1.807) is 19.1 Å². The van der Waals surface area contributed by atoms with Crippen LogP contribution in [0.25, 0.3) is 10.2 Å². The molecular formula is C25H31N3O5S. The van der Waals surface area contributed by atoms with Crippen LogP contribution in [0.5, 0.6) is 23.0 Å². The van der Waals surface area contributed by atoms with E-state index in [2.05, 4.69) is 18.7 Å². The number of para-hydroxylation sites is 2. The third kappa shape index (κ3) is 4.63. The van der Waals surface area contributed by atoms with Crippen LogP contribution < -0.4 is 23.8 Å². The lowest BCUT2D eigenvalue weighted by atomic mass is 10.1. The van der Waals surface area contributed by atoms with Gasteiger partial charge in [0.25, 0.3) is 5.91 Å². The van der Waals surface area contributed by atoms with Crippen molar-refractivity contribution in [2.75, 3.05) is 45.3 Å². The maximum absolute atomic E-state index is 13.9. The second-order valence-electron chi connectivity index (χ2n) is 7.97. The van der Waals surface area contributed by atoms with E-state index in [4.69, 9.17) is 23.9 Å². The number of fused-ring (bicyclic) bond motifs is 2. The molecule has 0 aliphatic carbocycles. The van der Waals surface area contributed by atoms with Crippen LogP contribution in [0.15, 0.2) is 36.4 Å². The van der Waals surface area contributed by atoms with E-state index in [1.165, 1.54) is 11.3 Å². The average Bonchev–Trinajstić information content (AvgIpc) is 3.30. The Morgan fingerprint density at radius 2 is 1.65 bits per heavy atom. The van der Waals surface area contributed by atoms with Crippen molar-refractivity contribution in [3.8, 4) is 23.0 Å². The summed E-state index contributed by atoms with van der Waals surface area (Å²) in [5, 5.41) is 0.574. The van der Waals surface area contributed by atoms with Gasteiger partial charge in [-0.05, 0) is 44.3 Å². The maximum Gasteiger partial charge on any atom is 0.273 e. The molecule has 1 aliphatic heterocycles. The first kappa shape index (κ1) is 24.1. The largest absolute Gasteiger partial charge is 0.495 e. The smallest absolute Gasteiger partial charge is 0.273 e. The summed E-state index contributed by atoms with van der Waals surface area (Å²) in [7, 11) is 3.23. The van der Waals surface area contributed by atoms with Crippen molar-refractivity contribution < 1.29 is 23.7 Å². The Morgan fingerprint density at radius 1 is 1.00 bits per heavy atom.